The highest BCUT2D eigenvalue weighted by molar-refractivity contribution is 7.98. The molecule has 0 bridgehead atoms. The third kappa shape index (κ3) is 6.14. The standard InChI is InChI=1S/C21H24Cl2N2O3S2/c22-18-9-8-17(20(23)13-18)15-29-12-10-24-21(26)16-5-4-11-25(14-16)30(27,28)19-6-2-1-3-7-19/h1-3,6-9,13,16H,4-5,10-12,14-15H2,(H,24,26)/t16-/m1/s1. The second-order valence-electron chi connectivity index (χ2n) is 7.09. The van der Waals surface area contributed by atoms with Crippen molar-refractivity contribution in [2.75, 3.05) is 25.4 Å². The molecule has 3 rings (SSSR count). The van der Waals surface area contributed by atoms with Gasteiger partial charge in [0.1, 0.15) is 0 Å². The highest BCUT2D eigenvalue weighted by atomic mass is 35.5. The van der Waals surface area contributed by atoms with Crippen molar-refractivity contribution in [3.63, 3.8) is 0 Å². The van der Waals surface area contributed by atoms with E-state index in [1.807, 2.05) is 12.1 Å². The number of carbonyl (C=O) groups excluding carboxylic acids is 1. The van der Waals surface area contributed by atoms with E-state index in [1.165, 1.54) is 4.31 Å². The van der Waals surface area contributed by atoms with Crippen molar-refractivity contribution in [2.45, 2.75) is 23.5 Å². The average molecular weight is 487 g/mol. The number of hydrogen-bond acceptors (Lipinski definition) is 4. The number of rotatable bonds is 8. The van der Waals surface area contributed by atoms with Crippen molar-refractivity contribution in [1.82, 2.24) is 9.62 Å². The monoisotopic (exact) mass is 486 g/mol. The Bertz CT molecular complexity index is 971. The van der Waals surface area contributed by atoms with E-state index >= 15 is 0 Å². The summed E-state index contributed by atoms with van der Waals surface area (Å²) in [7, 11) is -3.57. The molecule has 0 unspecified atom stereocenters. The third-order valence-corrected chi connectivity index (χ3v) is 8.43. The highest BCUT2D eigenvalue weighted by Gasteiger charge is 2.33. The molecular weight excluding hydrogens is 463 g/mol. The largest absolute Gasteiger partial charge is 0.355 e. The molecule has 1 amide bonds. The van der Waals surface area contributed by atoms with Crippen LogP contribution in [0.2, 0.25) is 10.0 Å². The summed E-state index contributed by atoms with van der Waals surface area (Å²) in [5.74, 6) is 1.06. The van der Waals surface area contributed by atoms with E-state index in [-0.39, 0.29) is 23.3 Å². The molecule has 2 aromatic rings. The van der Waals surface area contributed by atoms with Crippen molar-refractivity contribution in [3.05, 3.63) is 64.1 Å². The molecule has 1 heterocycles. The fourth-order valence-corrected chi connectivity index (χ4v) is 6.29. The highest BCUT2D eigenvalue weighted by Crippen LogP contribution is 2.25. The van der Waals surface area contributed by atoms with Crippen LogP contribution >= 0.6 is 35.0 Å². The zero-order valence-electron chi connectivity index (χ0n) is 16.4. The van der Waals surface area contributed by atoms with Crippen LogP contribution in [0.5, 0.6) is 0 Å². The minimum Gasteiger partial charge on any atom is -0.355 e. The summed E-state index contributed by atoms with van der Waals surface area (Å²) in [6, 6.07) is 13.8. The average Bonchev–Trinajstić information content (AvgIpc) is 2.75. The first-order valence-electron chi connectivity index (χ1n) is 9.72. The van der Waals surface area contributed by atoms with Crippen molar-refractivity contribution in [3.8, 4) is 0 Å². The van der Waals surface area contributed by atoms with Gasteiger partial charge in [0.05, 0.1) is 10.8 Å². The van der Waals surface area contributed by atoms with Crippen molar-refractivity contribution < 1.29 is 13.2 Å². The lowest BCUT2D eigenvalue weighted by molar-refractivity contribution is -0.125. The lowest BCUT2D eigenvalue weighted by Crippen LogP contribution is -2.45. The van der Waals surface area contributed by atoms with Crippen molar-refractivity contribution >= 4 is 50.9 Å². The van der Waals surface area contributed by atoms with Crippen LogP contribution in [0.4, 0.5) is 0 Å². The summed E-state index contributed by atoms with van der Waals surface area (Å²) < 4.78 is 27.0. The second-order valence-corrected chi connectivity index (χ2v) is 11.0. The number of halogens is 2. The Hall–Kier alpha value is -1.25. The Morgan fingerprint density at radius 1 is 1.17 bits per heavy atom. The normalized spacial score (nSPS) is 17.6. The Kier molecular flexibility index (Phi) is 8.48. The molecule has 9 heteroatoms. The van der Waals surface area contributed by atoms with Gasteiger partial charge < -0.3 is 5.32 Å². The van der Waals surface area contributed by atoms with Gasteiger partial charge in [-0.15, -0.1) is 0 Å². The first kappa shape index (κ1) is 23.4. The fourth-order valence-electron chi connectivity index (χ4n) is 3.33. The van der Waals surface area contributed by atoms with Gasteiger partial charge in [0.2, 0.25) is 15.9 Å². The minimum atomic E-state index is -3.57. The quantitative estimate of drug-likeness (QED) is 0.559. The lowest BCUT2D eigenvalue weighted by atomic mass is 9.99. The molecule has 0 aliphatic carbocycles. The molecule has 30 heavy (non-hydrogen) atoms. The van der Waals surface area contributed by atoms with Gasteiger partial charge in [-0.25, -0.2) is 8.42 Å². The molecule has 0 saturated carbocycles. The SMILES string of the molecule is O=C(NCCSCc1ccc(Cl)cc1Cl)[C@@H]1CCCN(S(=O)(=O)c2ccccc2)C1. The summed E-state index contributed by atoms with van der Waals surface area (Å²) in [4.78, 5) is 12.8. The van der Waals surface area contributed by atoms with Gasteiger partial charge in [-0.2, -0.15) is 16.1 Å². The number of hydrogen-bond donors (Lipinski definition) is 1. The summed E-state index contributed by atoms with van der Waals surface area (Å²) in [5, 5.41) is 4.19. The van der Waals surface area contributed by atoms with Crippen molar-refractivity contribution in [1.29, 1.82) is 0 Å². The Balaban J connectivity index is 1.45. The summed E-state index contributed by atoms with van der Waals surface area (Å²) >= 11 is 13.7. The third-order valence-electron chi connectivity index (χ3n) is 4.95. The minimum absolute atomic E-state index is 0.0897. The number of amides is 1. The molecule has 1 aliphatic rings. The van der Waals surface area contributed by atoms with Crippen LogP contribution in [0.1, 0.15) is 18.4 Å². The smallest absolute Gasteiger partial charge is 0.243 e. The van der Waals surface area contributed by atoms with E-state index in [1.54, 1.807) is 48.2 Å². The summed E-state index contributed by atoms with van der Waals surface area (Å²) in [5.41, 5.74) is 1.01. The topological polar surface area (TPSA) is 66.5 Å². The van der Waals surface area contributed by atoms with Gasteiger partial charge in [0.25, 0.3) is 0 Å². The number of benzene rings is 2. The fraction of sp³-hybridized carbons (Fsp3) is 0.381. The molecule has 1 N–H and O–H groups in total. The molecule has 162 valence electrons. The molecule has 0 radical (unpaired) electrons. The van der Waals surface area contributed by atoms with Crippen LogP contribution in [0, 0.1) is 5.92 Å². The van der Waals surface area contributed by atoms with Gasteiger partial charge >= 0.3 is 0 Å². The van der Waals surface area contributed by atoms with E-state index in [9.17, 15) is 13.2 Å². The first-order chi connectivity index (χ1) is 14.4. The van der Waals surface area contributed by atoms with Gasteiger partial charge in [0.15, 0.2) is 0 Å². The maximum atomic E-state index is 12.8. The van der Waals surface area contributed by atoms with Crippen LogP contribution in [0.15, 0.2) is 53.4 Å². The molecule has 0 aromatic heterocycles. The maximum Gasteiger partial charge on any atom is 0.243 e. The molecule has 1 fully saturated rings. The number of nitrogens with one attached hydrogen (secondary N) is 1. The van der Waals surface area contributed by atoms with Crippen LogP contribution < -0.4 is 5.32 Å². The molecule has 0 spiro atoms. The molecule has 2 aromatic carbocycles. The number of piperidine rings is 1. The van der Waals surface area contributed by atoms with Gasteiger partial charge in [-0.3, -0.25) is 4.79 Å². The first-order valence-corrected chi connectivity index (χ1v) is 13.1. The Labute approximate surface area is 192 Å². The van der Waals surface area contributed by atoms with Crippen LogP contribution in [-0.2, 0) is 20.6 Å². The summed E-state index contributed by atoms with van der Waals surface area (Å²) in [6.07, 6.45) is 1.37. The predicted octanol–water partition coefficient (Wildman–Crippen LogP) is 4.44. The Morgan fingerprint density at radius 2 is 1.93 bits per heavy atom. The van der Waals surface area contributed by atoms with E-state index in [2.05, 4.69) is 5.32 Å². The number of carbonyl (C=O) groups is 1. The lowest BCUT2D eigenvalue weighted by Gasteiger charge is -2.31. The molecule has 5 nitrogen and oxygen atoms in total. The van der Waals surface area contributed by atoms with E-state index in [0.717, 1.165) is 17.1 Å². The zero-order valence-corrected chi connectivity index (χ0v) is 19.5. The van der Waals surface area contributed by atoms with E-state index in [4.69, 9.17) is 23.2 Å². The molecular formula is C21H24Cl2N2O3S2. The second kappa shape index (κ2) is 10.9. The van der Waals surface area contributed by atoms with Crippen LogP contribution in [0.3, 0.4) is 0 Å². The zero-order chi connectivity index (χ0) is 21.6. The molecule has 1 saturated heterocycles. The maximum absolute atomic E-state index is 12.8. The Morgan fingerprint density at radius 3 is 2.67 bits per heavy atom. The van der Waals surface area contributed by atoms with Gasteiger partial charge in [-0.05, 0) is 42.7 Å². The van der Waals surface area contributed by atoms with E-state index < -0.39 is 10.0 Å². The van der Waals surface area contributed by atoms with Crippen LogP contribution in [0.25, 0.3) is 0 Å². The van der Waals surface area contributed by atoms with Gasteiger partial charge in [-0.1, -0.05) is 47.5 Å². The number of thioether (sulfide) groups is 1. The van der Waals surface area contributed by atoms with E-state index in [0.29, 0.717) is 36.0 Å². The van der Waals surface area contributed by atoms with Crippen LogP contribution in [-0.4, -0.2) is 44.0 Å². The summed E-state index contributed by atoms with van der Waals surface area (Å²) in [6.45, 7) is 1.19. The van der Waals surface area contributed by atoms with Crippen molar-refractivity contribution in [2.24, 2.45) is 5.92 Å². The predicted molar refractivity (Wildman–Crippen MR) is 124 cm³/mol. The van der Waals surface area contributed by atoms with Gasteiger partial charge in [0, 0.05) is 41.2 Å². The number of nitrogens with zero attached hydrogens (tertiary/aromatic N) is 1. The number of sulfonamides is 1. The molecule has 1 atom stereocenters. The molecule has 1 aliphatic heterocycles.